The monoisotopic (exact) mass is 464 g/mol. The Morgan fingerprint density at radius 2 is 2.03 bits per heavy atom. The Hall–Kier alpha value is -3.88. The molecular formula is C25H19F3N4O2. The number of amides is 1. The molecule has 3 atom stereocenters. The lowest BCUT2D eigenvalue weighted by molar-refractivity contribution is -0.0507. The number of para-hydroxylation sites is 1. The van der Waals surface area contributed by atoms with E-state index in [0.29, 0.717) is 27.7 Å². The van der Waals surface area contributed by atoms with Gasteiger partial charge in [-0.2, -0.15) is 8.78 Å². The quantitative estimate of drug-likeness (QED) is 0.456. The summed E-state index contributed by atoms with van der Waals surface area (Å²) in [5.41, 5.74) is 2.95. The molecule has 0 bridgehead atoms. The molecular weight excluding hydrogens is 445 g/mol. The van der Waals surface area contributed by atoms with Crippen molar-refractivity contribution in [1.29, 1.82) is 0 Å². The summed E-state index contributed by atoms with van der Waals surface area (Å²) in [6.07, 6.45) is 2.36. The van der Waals surface area contributed by atoms with Crippen molar-refractivity contribution in [2.24, 2.45) is 5.92 Å². The van der Waals surface area contributed by atoms with Crippen LogP contribution in [0.2, 0.25) is 0 Å². The molecule has 0 spiro atoms. The minimum absolute atomic E-state index is 0.138. The lowest BCUT2D eigenvalue weighted by Gasteiger charge is -2.21. The highest BCUT2D eigenvalue weighted by molar-refractivity contribution is 5.92. The van der Waals surface area contributed by atoms with Crippen LogP contribution in [0.25, 0.3) is 22.2 Å². The average molecular weight is 464 g/mol. The number of rotatable bonds is 5. The molecule has 4 aromatic rings. The number of halogens is 3. The second-order valence-electron chi connectivity index (χ2n) is 8.54. The van der Waals surface area contributed by atoms with Crippen LogP contribution in [-0.2, 0) is 0 Å². The molecule has 2 aromatic carbocycles. The van der Waals surface area contributed by atoms with Crippen LogP contribution < -0.4 is 10.1 Å². The highest BCUT2D eigenvalue weighted by Gasteiger charge is 2.55. The molecule has 1 saturated carbocycles. The van der Waals surface area contributed by atoms with Gasteiger partial charge in [0.25, 0.3) is 5.91 Å². The second kappa shape index (κ2) is 7.58. The van der Waals surface area contributed by atoms with E-state index in [1.807, 2.05) is 4.57 Å². The molecule has 1 N–H and O–H groups in total. The molecule has 1 fully saturated rings. The van der Waals surface area contributed by atoms with Crippen LogP contribution in [0.3, 0.4) is 0 Å². The van der Waals surface area contributed by atoms with E-state index in [1.54, 1.807) is 36.4 Å². The van der Waals surface area contributed by atoms with Gasteiger partial charge >= 0.3 is 6.61 Å². The molecule has 34 heavy (non-hydrogen) atoms. The van der Waals surface area contributed by atoms with Crippen LogP contribution >= 0.6 is 0 Å². The van der Waals surface area contributed by atoms with Gasteiger partial charge in [0, 0.05) is 41.9 Å². The molecule has 1 amide bonds. The fourth-order valence-electron chi connectivity index (χ4n) is 5.08. The van der Waals surface area contributed by atoms with Crippen LogP contribution in [0, 0.1) is 11.7 Å². The van der Waals surface area contributed by atoms with E-state index in [9.17, 15) is 13.6 Å². The van der Waals surface area contributed by atoms with Gasteiger partial charge in [0.05, 0.1) is 17.1 Å². The summed E-state index contributed by atoms with van der Waals surface area (Å²) in [7, 11) is 1.51. The van der Waals surface area contributed by atoms with Crippen LogP contribution in [0.4, 0.5) is 13.2 Å². The van der Waals surface area contributed by atoms with Gasteiger partial charge in [0.1, 0.15) is 23.1 Å². The van der Waals surface area contributed by atoms with Gasteiger partial charge in [0.15, 0.2) is 0 Å². The average Bonchev–Trinajstić information content (AvgIpc) is 3.44. The first-order chi connectivity index (χ1) is 16.5. The number of aromatic nitrogens is 3. The first kappa shape index (κ1) is 20.7. The first-order valence-electron chi connectivity index (χ1n) is 10.9. The minimum atomic E-state index is -2.93. The second-order valence-corrected chi connectivity index (χ2v) is 8.54. The lowest BCUT2D eigenvalue weighted by atomic mass is 10.0. The van der Waals surface area contributed by atoms with Crippen molar-refractivity contribution in [1.82, 2.24) is 19.9 Å². The van der Waals surface area contributed by atoms with Gasteiger partial charge in [-0.1, -0.05) is 24.3 Å². The Kier molecular flexibility index (Phi) is 4.62. The van der Waals surface area contributed by atoms with Crippen molar-refractivity contribution in [2.45, 2.75) is 25.0 Å². The zero-order chi connectivity index (χ0) is 23.6. The summed E-state index contributed by atoms with van der Waals surface area (Å²) in [6, 6.07) is 12.9. The van der Waals surface area contributed by atoms with Crippen LogP contribution in [0.15, 0.2) is 54.7 Å². The number of carbonyl (C=O) groups is 1. The maximum Gasteiger partial charge on any atom is 0.387 e. The molecule has 0 radical (unpaired) electrons. The van der Waals surface area contributed by atoms with Gasteiger partial charge in [0.2, 0.25) is 0 Å². The summed E-state index contributed by atoms with van der Waals surface area (Å²) in [5.74, 6) is 0.626. The molecule has 3 heterocycles. The lowest BCUT2D eigenvalue weighted by Crippen LogP contribution is -2.18. The van der Waals surface area contributed by atoms with Crippen molar-refractivity contribution < 1.29 is 22.7 Å². The molecule has 1 aliphatic carbocycles. The number of hydrogen-bond donors (Lipinski definition) is 1. The maximum atomic E-state index is 15.1. The predicted octanol–water partition coefficient (Wildman–Crippen LogP) is 4.90. The smallest absolute Gasteiger partial charge is 0.387 e. The molecule has 172 valence electrons. The van der Waals surface area contributed by atoms with E-state index in [0.717, 1.165) is 12.2 Å². The van der Waals surface area contributed by atoms with Crippen molar-refractivity contribution in [3.05, 3.63) is 77.6 Å². The van der Waals surface area contributed by atoms with E-state index in [2.05, 4.69) is 10.3 Å². The normalized spacial score (nSPS) is 20.3. The number of pyridine rings is 1. The van der Waals surface area contributed by atoms with Crippen LogP contribution in [0.1, 0.15) is 40.3 Å². The topological polar surface area (TPSA) is 69.0 Å². The number of benzene rings is 2. The number of imidazole rings is 1. The largest absolute Gasteiger partial charge is 0.434 e. The number of nitrogens with one attached hydrogen (secondary N) is 1. The molecule has 9 heteroatoms. The fourth-order valence-corrected chi connectivity index (χ4v) is 5.08. The van der Waals surface area contributed by atoms with Crippen molar-refractivity contribution in [3.8, 4) is 16.9 Å². The zero-order valence-corrected chi connectivity index (χ0v) is 18.0. The highest BCUT2D eigenvalue weighted by Crippen LogP contribution is 2.63. The van der Waals surface area contributed by atoms with Crippen molar-refractivity contribution in [2.75, 3.05) is 7.05 Å². The molecule has 6 nitrogen and oxygen atoms in total. The molecule has 1 aliphatic heterocycles. The van der Waals surface area contributed by atoms with Crippen LogP contribution in [0.5, 0.6) is 5.75 Å². The summed E-state index contributed by atoms with van der Waals surface area (Å²) in [5, 5.41) is 2.50. The Labute approximate surface area is 192 Å². The highest BCUT2D eigenvalue weighted by atomic mass is 19.3. The number of hydrogen-bond acceptors (Lipinski definition) is 4. The van der Waals surface area contributed by atoms with Gasteiger partial charge in [-0.05, 0) is 30.5 Å². The standard InChI is InChI=1S/C25H19F3N4O2/c1-29-24(33)18-7-6-12(11-30-18)14-9-20-19(10-17(14)26)31-23-16-8-15(16)22(32(20)23)13-4-2-3-5-21(13)34-25(27)28/h2-7,9-11,15-16,22,25H,8H2,1H3,(H,29,33)/t15?,16-,22+/m1/s1. The molecule has 2 aliphatic rings. The summed E-state index contributed by atoms with van der Waals surface area (Å²) in [6.45, 7) is -2.93. The number of fused-ring (bicyclic) bond motifs is 5. The Morgan fingerprint density at radius 3 is 2.76 bits per heavy atom. The SMILES string of the molecule is CNC(=O)c1ccc(-c2cc3c(cc2F)nc2n3[C@@H](c3ccccc3OC(F)F)C3C[C@@H]23)cn1. The van der Waals surface area contributed by atoms with Gasteiger partial charge in [-0.15, -0.1) is 0 Å². The third-order valence-electron chi connectivity index (χ3n) is 6.65. The van der Waals surface area contributed by atoms with Gasteiger partial charge < -0.3 is 14.6 Å². The molecule has 1 unspecified atom stereocenters. The number of ether oxygens (including phenoxy) is 1. The van der Waals surface area contributed by atoms with Crippen LogP contribution in [-0.4, -0.2) is 34.1 Å². The first-order valence-corrected chi connectivity index (χ1v) is 10.9. The Morgan fingerprint density at radius 1 is 1.21 bits per heavy atom. The summed E-state index contributed by atoms with van der Waals surface area (Å²) >= 11 is 0. The van der Waals surface area contributed by atoms with E-state index in [1.165, 1.54) is 25.4 Å². The van der Waals surface area contributed by atoms with Gasteiger partial charge in [-0.3, -0.25) is 9.78 Å². The minimum Gasteiger partial charge on any atom is -0.434 e. The molecule has 6 rings (SSSR count). The Bertz CT molecular complexity index is 1430. The number of alkyl halides is 2. The zero-order valence-electron chi connectivity index (χ0n) is 18.0. The van der Waals surface area contributed by atoms with Crippen molar-refractivity contribution in [3.63, 3.8) is 0 Å². The van der Waals surface area contributed by atoms with Gasteiger partial charge in [-0.25, -0.2) is 9.37 Å². The maximum absolute atomic E-state index is 15.1. The third-order valence-corrected chi connectivity index (χ3v) is 6.65. The third kappa shape index (κ3) is 3.14. The summed E-state index contributed by atoms with van der Waals surface area (Å²) in [4.78, 5) is 20.6. The van der Waals surface area contributed by atoms with Crippen molar-refractivity contribution >= 4 is 16.9 Å². The summed E-state index contributed by atoms with van der Waals surface area (Å²) < 4.78 is 48.0. The fraction of sp³-hybridized carbons (Fsp3) is 0.240. The van der Waals surface area contributed by atoms with E-state index in [4.69, 9.17) is 9.72 Å². The Balaban J connectivity index is 1.48. The predicted molar refractivity (Wildman–Crippen MR) is 118 cm³/mol. The molecule has 0 saturated heterocycles. The number of carbonyl (C=O) groups excluding carboxylic acids is 1. The number of nitrogens with zero attached hydrogens (tertiary/aromatic N) is 3. The van der Waals surface area contributed by atoms with E-state index >= 15 is 4.39 Å². The molecule has 2 aromatic heterocycles. The van der Waals surface area contributed by atoms with E-state index < -0.39 is 12.4 Å². The van der Waals surface area contributed by atoms with E-state index in [-0.39, 0.29) is 35.2 Å².